The quantitative estimate of drug-likeness (QED) is 0.424. The third-order valence-electron chi connectivity index (χ3n) is 7.62. The molecule has 0 atom stereocenters. The minimum Gasteiger partial charge on any atom is -0.477 e. The summed E-state index contributed by atoms with van der Waals surface area (Å²) in [5.74, 6) is -0.255. The Morgan fingerprint density at radius 2 is 1.97 bits per heavy atom. The molecule has 5 rings (SSSR count). The molecule has 0 radical (unpaired) electrons. The van der Waals surface area contributed by atoms with E-state index in [1.165, 1.54) is 69.8 Å². The Morgan fingerprint density at radius 3 is 2.70 bits per heavy atom. The second-order valence-electron chi connectivity index (χ2n) is 9.46. The number of aromatic carboxylic acids is 1. The summed E-state index contributed by atoms with van der Waals surface area (Å²) >= 11 is 3.36. The zero-order chi connectivity index (χ0) is 22.9. The maximum absolute atomic E-state index is 11.9. The van der Waals surface area contributed by atoms with E-state index in [0.29, 0.717) is 10.8 Å². The lowest BCUT2D eigenvalue weighted by Crippen LogP contribution is -2.37. The molecule has 1 aliphatic heterocycles. The fraction of sp³-hybridized carbons (Fsp3) is 0.577. The van der Waals surface area contributed by atoms with E-state index in [2.05, 4.69) is 39.7 Å². The van der Waals surface area contributed by atoms with Crippen LogP contribution in [0.15, 0.2) is 17.5 Å². The molecule has 0 aromatic carbocycles. The number of nitrogens with zero attached hydrogens (tertiary/aromatic N) is 3. The second-order valence-corrected chi connectivity index (χ2v) is 11.4. The monoisotopic (exact) mass is 485 g/mol. The Labute approximate surface area is 204 Å². The fourth-order valence-electron chi connectivity index (χ4n) is 5.74. The lowest BCUT2D eigenvalue weighted by Gasteiger charge is -2.30. The Morgan fingerprint density at radius 1 is 1.18 bits per heavy atom. The van der Waals surface area contributed by atoms with E-state index in [4.69, 9.17) is 0 Å². The van der Waals surface area contributed by atoms with Gasteiger partial charge >= 0.3 is 5.97 Å². The van der Waals surface area contributed by atoms with Crippen molar-refractivity contribution in [2.75, 3.05) is 32.7 Å². The van der Waals surface area contributed by atoms with Crippen LogP contribution in [0.5, 0.6) is 0 Å². The molecular weight excluding hydrogens is 450 g/mol. The third kappa shape index (κ3) is 4.41. The molecule has 1 aliphatic carbocycles. The van der Waals surface area contributed by atoms with Gasteiger partial charge in [-0.15, -0.1) is 22.7 Å². The first-order chi connectivity index (χ1) is 16.1. The molecule has 2 aliphatic rings. The van der Waals surface area contributed by atoms with Gasteiger partial charge in [0.2, 0.25) is 0 Å². The van der Waals surface area contributed by atoms with Crippen molar-refractivity contribution in [3.63, 3.8) is 0 Å². The molecule has 1 N–H and O–H groups in total. The highest BCUT2D eigenvalue weighted by molar-refractivity contribution is 7.21. The van der Waals surface area contributed by atoms with Gasteiger partial charge in [0.1, 0.15) is 4.88 Å². The minimum absolute atomic E-state index is 0.471. The molecule has 33 heavy (non-hydrogen) atoms. The maximum Gasteiger partial charge on any atom is 0.345 e. The van der Waals surface area contributed by atoms with Gasteiger partial charge < -0.3 is 14.6 Å². The number of hydrogen-bond donors (Lipinski definition) is 1. The van der Waals surface area contributed by atoms with Crippen LogP contribution in [-0.4, -0.2) is 58.2 Å². The van der Waals surface area contributed by atoms with Gasteiger partial charge in [-0.05, 0) is 60.5 Å². The van der Waals surface area contributed by atoms with E-state index < -0.39 is 5.97 Å². The van der Waals surface area contributed by atoms with Gasteiger partial charge in [0, 0.05) is 32.7 Å². The van der Waals surface area contributed by atoms with Gasteiger partial charge in [-0.1, -0.05) is 33.1 Å². The minimum atomic E-state index is -0.802. The molecule has 3 aromatic heterocycles. The van der Waals surface area contributed by atoms with Gasteiger partial charge in [0.05, 0.1) is 20.8 Å². The summed E-state index contributed by atoms with van der Waals surface area (Å²) in [6.45, 7) is 11.7. The first-order valence-electron chi connectivity index (χ1n) is 12.5. The van der Waals surface area contributed by atoms with Crippen LogP contribution in [0.3, 0.4) is 0 Å². The Bertz CT molecular complexity index is 1120. The van der Waals surface area contributed by atoms with E-state index >= 15 is 0 Å². The van der Waals surface area contributed by atoms with Crippen molar-refractivity contribution in [1.29, 1.82) is 0 Å². The van der Waals surface area contributed by atoms with E-state index in [1.807, 2.05) is 17.4 Å². The summed E-state index contributed by atoms with van der Waals surface area (Å²) in [7, 11) is 0. The highest BCUT2D eigenvalue weighted by Crippen LogP contribution is 2.49. The van der Waals surface area contributed by atoms with Crippen LogP contribution < -0.4 is 0 Å². The molecule has 0 amide bonds. The molecule has 0 unspecified atom stereocenters. The zero-order valence-electron chi connectivity index (χ0n) is 19.8. The largest absolute Gasteiger partial charge is 0.477 e. The summed E-state index contributed by atoms with van der Waals surface area (Å²) in [4.78, 5) is 18.8. The SMILES string of the molecule is CCN(CC)CCN1CCn2c(c(C3CCCCC3)c3sc(C(=O)O)cc32)-c2sccc2C1. The lowest BCUT2D eigenvalue weighted by atomic mass is 9.83. The molecular formula is C26H35N3O2S2. The van der Waals surface area contributed by atoms with E-state index in [-0.39, 0.29) is 0 Å². The first kappa shape index (κ1) is 23.1. The first-order valence-corrected chi connectivity index (χ1v) is 14.2. The number of carboxylic acids is 1. The van der Waals surface area contributed by atoms with Crippen LogP contribution in [0.4, 0.5) is 0 Å². The van der Waals surface area contributed by atoms with Gasteiger partial charge in [0.25, 0.3) is 0 Å². The third-order valence-corrected chi connectivity index (χ3v) is 9.73. The van der Waals surface area contributed by atoms with Crippen molar-refractivity contribution in [1.82, 2.24) is 14.4 Å². The van der Waals surface area contributed by atoms with E-state index in [1.54, 1.807) is 0 Å². The van der Waals surface area contributed by atoms with Crippen LogP contribution >= 0.6 is 22.7 Å². The van der Waals surface area contributed by atoms with Crippen molar-refractivity contribution < 1.29 is 9.90 Å². The highest BCUT2D eigenvalue weighted by atomic mass is 32.1. The highest BCUT2D eigenvalue weighted by Gasteiger charge is 2.31. The van der Waals surface area contributed by atoms with E-state index in [9.17, 15) is 9.90 Å². The number of aromatic nitrogens is 1. The summed E-state index contributed by atoms with van der Waals surface area (Å²) < 4.78 is 3.70. The number of thiophene rings is 2. The Balaban J connectivity index is 1.59. The molecule has 0 spiro atoms. The smallest absolute Gasteiger partial charge is 0.345 e. The van der Waals surface area contributed by atoms with Crippen LogP contribution in [0.1, 0.15) is 72.7 Å². The Kier molecular flexibility index (Phi) is 6.93. The summed E-state index contributed by atoms with van der Waals surface area (Å²) in [5.41, 5.74) is 5.41. The molecule has 0 bridgehead atoms. The lowest BCUT2D eigenvalue weighted by molar-refractivity contribution is 0.0702. The average molecular weight is 486 g/mol. The number of carbonyl (C=O) groups is 1. The van der Waals surface area contributed by atoms with Crippen molar-refractivity contribution in [3.8, 4) is 10.6 Å². The van der Waals surface area contributed by atoms with Crippen molar-refractivity contribution in [2.24, 2.45) is 0 Å². The molecule has 178 valence electrons. The predicted octanol–water partition coefficient (Wildman–Crippen LogP) is 6.33. The fourth-order valence-corrected chi connectivity index (χ4v) is 7.85. The van der Waals surface area contributed by atoms with E-state index in [0.717, 1.165) is 51.3 Å². The number of hydrogen-bond acceptors (Lipinski definition) is 5. The molecule has 5 nitrogen and oxygen atoms in total. The standard InChI is InChI=1S/C26H35N3O2S2/c1-3-27(4-2)11-12-28-13-14-29-20-16-21(26(30)31)33-25(20)22(18-8-6-5-7-9-18)23(29)24-19(17-28)10-15-32-24/h10,15-16,18H,3-9,11-14,17H2,1-2H3,(H,30,31). The van der Waals surface area contributed by atoms with Crippen molar-refractivity contribution in [2.45, 2.75) is 65.0 Å². The topological polar surface area (TPSA) is 48.7 Å². The summed E-state index contributed by atoms with van der Waals surface area (Å²) in [6, 6.07) is 4.25. The van der Waals surface area contributed by atoms with Crippen molar-refractivity contribution >= 4 is 38.9 Å². The number of rotatable bonds is 7. The average Bonchev–Trinajstić information content (AvgIpc) is 3.51. The molecule has 7 heteroatoms. The molecule has 4 heterocycles. The summed E-state index contributed by atoms with van der Waals surface area (Å²) in [6.07, 6.45) is 6.34. The van der Waals surface area contributed by atoms with Crippen LogP contribution in [-0.2, 0) is 13.1 Å². The number of carboxylic acid groups (broad SMARTS) is 1. The molecule has 1 saturated carbocycles. The van der Waals surface area contributed by atoms with Crippen LogP contribution in [0.2, 0.25) is 0 Å². The molecule has 3 aromatic rings. The second kappa shape index (κ2) is 9.90. The maximum atomic E-state index is 11.9. The van der Waals surface area contributed by atoms with Crippen LogP contribution in [0.25, 0.3) is 20.8 Å². The van der Waals surface area contributed by atoms with Gasteiger partial charge in [-0.2, -0.15) is 0 Å². The van der Waals surface area contributed by atoms with Crippen molar-refractivity contribution in [3.05, 3.63) is 33.5 Å². The van der Waals surface area contributed by atoms with Gasteiger partial charge in [0.15, 0.2) is 0 Å². The molecule has 0 saturated heterocycles. The molecule has 1 fully saturated rings. The van der Waals surface area contributed by atoms with Gasteiger partial charge in [-0.3, -0.25) is 4.90 Å². The summed E-state index contributed by atoms with van der Waals surface area (Å²) in [5, 5.41) is 12.0. The zero-order valence-corrected chi connectivity index (χ0v) is 21.4. The predicted molar refractivity (Wildman–Crippen MR) is 139 cm³/mol. The number of likely N-dealkylation sites (N-methyl/N-ethyl adjacent to an activating group) is 1. The normalized spacial score (nSPS) is 17.8. The van der Waals surface area contributed by atoms with Crippen LogP contribution in [0, 0.1) is 0 Å². The Hall–Kier alpha value is -1.67. The van der Waals surface area contributed by atoms with Gasteiger partial charge in [-0.25, -0.2) is 4.79 Å². The number of fused-ring (bicyclic) bond motifs is 5.